The van der Waals surface area contributed by atoms with Gasteiger partial charge in [-0.15, -0.1) is 0 Å². The van der Waals surface area contributed by atoms with E-state index >= 15 is 0 Å². The zero-order chi connectivity index (χ0) is 49.7. The molecule has 0 bridgehead atoms. The molecule has 0 saturated carbocycles. The van der Waals surface area contributed by atoms with Crippen LogP contribution in [0.25, 0.3) is 0 Å². The van der Waals surface area contributed by atoms with Gasteiger partial charge in [-0.25, -0.2) is 0 Å². The summed E-state index contributed by atoms with van der Waals surface area (Å²) in [5.41, 5.74) is 0. The Kier molecular flexibility index (Phi) is 41.6. The minimum Gasteiger partial charge on any atom is -0.454 e. The Morgan fingerprint density at radius 2 is 1.07 bits per heavy atom. The highest BCUT2D eigenvalue weighted by atomic mass is 16.7. The minimum absolute atomic E-state index is 0.0939. The fourth-order valence-corrected chi connectivity index (χ4v) is 7.84. The summed E-state index contributed by atoms with van der Waals surface area (Å²) in [5, 5.41) is 56.6. The number of unbranched alkanes of at least 4 members (excludes halogenated alkanes) is 21. The number of aliphatic hydroxyl groups excluding tert-OH is 5. The number of amides is 1. The Morgan fingerprint density at radius 1 is 0.588 bits per heavy atom. The van der Waals surface area contributed by atoms with Gasteiger partial charge in [0, 0.05) is 6.42 Å². The maximum Gasteiger partial charge on any atom is 0.306 e. The third-order valence-electron chi connectivity index (χ3n) is 12.2. The van der Waals surface area contributed by atoms with Crippen LogP contribution < -0.4 is 5.32 Å². The van der Waals surface area contributed by atoms with Gasteiger partial charge < -0.3 is 45.1 Å². The normalized spacial score (nSPS) is 20.6. The fourth-order valence-electron chi connectivity index (χ4n) is 7.84. The average molecular weight is 956 g/mol. The highest BCUT2D eigenvalue weighted by Gasteiger charge is 2.47. The Labute approximate surface area is 413 Å². The van der Waals surface area contributed by atoms with Crippen LogP contribution in [-0.4, -0.2) is 99.6 Å². The Bertz CT molecular complexity index is 1420. The predicted octanol–water partition coefficient (Wildman–Crippen LogP) is 11.4. The van der Waals surface area contributed by atoms with Crippen LogP contribution in [0.1, 0.15) is 201 Å². The largest absolute Gasteiger partial charge is 0.454 e. The van der Waals surface area contributed by atoms with Gasteiger partial charge >= 0.3 is 5.97 Å². The first kappa shape index (κ1) is 62.9. The second kappa shape index (κ2) is 45.0. The molecule has 11 heteroatoms. The molecular formula is C57H97NO10. The van der Waals surface area contributed by atoms with E-state index < -0.39 is 67.4 Å². The third kappa shape index (κ3) is 33.4. The zero-order valence-electron chi connectivity index (χ0n) is 42.7. The van der Waals surface area contributed by atoms with E-state index in [4.69, 9.17) is 14.2 Å². The van der Waals surface area contributed by atoms with Crippen LogP contribution in [0, 0.1) is 0 Å². The second-order valence-corrected chi connectivity index (χ2v) is 18.3. The molecule has 0 spiro atoms. The summed E-state index contributed by atoms with van der Waals surface area (Å²) in [7, 11) is 0. The molecule has 68 heavy (non-hydrogen) atoms. The molecule has 6 N–H and O–H groups in total. The second-order valence-electron chi connectivity index (χ2n) is 18.3. The average Bonchev–Trinajstić information content (AvgIpc) is 3.33. The lowest BCUT2D eigenvalue weighted by Gasteiger charge is -2.41. The molecule has 0 aromatic carbocycles. The fraction of sp³-hybridized carbons (Fsp3) is 0.719. The van der Waals surface area contributed by atoms with Crippen molar-refractivity contribution in [2.45, 2.75) is 250 Å². The molecule has 1 saturated heterocycles. The molecule has 1 heterocycles. The van der Waals surface area contributed by atoms with Crippen LogP contribution >= 0.6 is 0 Å². The molecule has 1 aliphatic rings. The van der Waals surface area contributed by atoms with Crippen LogP contribution in [0.2, 0.25) is 0 Å². The summed E-state index contributed by atoms with van der Waals surface area (Å²) in [6, 6.07) is -1.05. The van der Waals surface area contributed by atoms with Gasteiger partial charge in [0.2, 0.25) is 5.91 Å². The molecule has 1 fully saturated rings. The van der Waals surface area contributed by atoms with Crippen LogP contribution in [0.4, 0.5) is 0 Å². The van der Waals surface area contributed by atoms with Crippen molar-refractivity contribution in [2.24, 2.45) is 0 Å². The number of hydrogen-bond acceptors (Lipinski definition) is 10. The van der Waals surface area contributed by atoms with Gasteiger partial charge in [-0.1, -0.05) is 209 Å². The number of ether oxygens (including phenoxy) is 3. The highest BCUT2D eigenvalue weighted by Crippen LogP contribution is 2.26. The molecule has 1 amide bonds. The van der Waals surface area contributed by atoms with Gasteiger partial charge in [-0.3, -0.25) is 9.59 Å². The van der Waals surface area contributed by atoms with Gasteiger partial charge in [-0.2, -0.15) is 0 Å². The quantitative estimate of drug-likeness (QED) is 0.0149. The summed E-state index contributed by atoms with van der Waals surface area (Å²) >= 11 is 0. The van der Waals surface area contributed by atoms with Gasteiger partial charge in [0.1, 0.15) is 24.4 Å². The van der Waals surface area contributed by atoms with E-state index in [9.17, 15) is 35.1 Å². The lowest BCUT2D eigenvalue weighted by atomic mass is 9.99. The van der Waals surface area contributed by atoms with E-state index in [1.165, 1.54) is 83.5 Å². The number of rotatable bonds is 43. The Hall–Kier alpha value is -3.16. The Balaban J connectivity index is 2.83. The van der Waals surface area contributed by atoms with E-state index in [0.29, 0.717) is 12.8 Å². The molecule has 11 nitrogen and oxygen atoms in total. The van der Waals surface area contributed by atoms with Crippen LogP contribution in [0.3, 0.4) is 0 Å². The first-order valence-electron chi connectivity index (χ1n) is 26.9. The van der Waals surface area contributed by atoms with E-state index in [1.807, 2.05) is 60.8 Å². The standard InChI is InChI=1S/C57H97NO10/c1-4-7-10-13-16-19-22-25-27-29-32-35-38-41-44-50(61)56(65)58-48(49(60)43-40-37-34-31-28-24-21-18-15-12-9-6-3)47-66-57-55(54(64)53(63)51(46-59)67-57)68-52(62)45-42-39-36-33-30-26-23-20-17-14-11-8-5-2/h7,10,13,16,19,22,25-27,29-30,32,40,43,48-51,53-55,57,59-61,63-64H,4-6,8-9,11-12,14-15,17-18,20-21,23-24,28,31,33-39,41-42,44-47H2,1-3H3,(H,58,65)/b10-7+,16-13+,22-19-,27-25-,30-26-,32-29+,43-40+. The summed E-state index contributed by atoms with van der Waals surface area (Å²) in [6.07, 6.45) is 46.3. The molecule has 8 unspecified atom stereocenters. The van der Waals surface area contributed by atoms with Crippen molar-refractivity contribution in [3.05, 3.63) is 85.1 Å². The maximum atomic E-state index is 13.3. The summed E-state index contributed by atoms with van der Waals surface area (Å²) < 4.78 is 17.5. The lowest BCUT2D eigenvalue weighted by Crippen LogP contribution is -2.61. The SMILES string of the molecule is CC/C=C/C=C/C=C\C=C/C=C/CCCCC(O)C(=O)NC(COC1OC(CO)C(O)C(O)C1OC(=O)CCCCC/C=C\CCCCCCCC)C(O)/C=C/CCCCCCCCCCCC. The topological polar surface area (TPSA) is 175 Å². The van der Waals surface area contributed by atoms with Gasteiger partial charge in [0.25, 0.3) is 0 Å². The number of hydrogen-bond donors (Lipinski definition) is 6. The number of esters is 1. The molecule has 8 atom stereocenters. The first-order chi connectivity index (χ1) is 33.2. The molecule has 390 valence electrons. The summed E-state index contributed by atoms with van der Waals surface area (Å²) in [5.74, 6) is -1.26. The molecule has 1 aliphatic heterocycles. The van der Waals surface area contributed by atoms with Crippen molar-refractivity contribution in [2.75, 3.05) is 13.2 Å². The molecule has 0 aliphatic carbocycles. The van der Waals surface area contributed by atoms with Crippen molar-refractivity contribution in [1.82, 2.24) is 5.32 Å². The van der Waals surface area contributed by atoms with E-state index in [2.05, 4.69) is 44.3 Å². The van der Waals surface area contributed by atoms with Crippen LogP contribution in [0.5, 0.6) is 0 Å². The van der Waals surface area contributed by atoms with Gasteiger partial charge in [-0.05, 0) is 70.6 Å². The molecule has 1 rings (SSSR count). The van der Waals surface area contributed by atoms with Gasteiger partial charge in [0.15, 0.2) is 12.4 Å². The van der Waals surface area contributed by atoms with Crippen molar-refractivity contribution in [3.63, 3.8) is 0 Å². The smallest absolute Gasteiger partial charge is 0.306 e. The molecule has 0 aromatic heterocycles. The number of carbonyl (C=O) groups excluding carboxylic acids is 2. The zero-order valence-corrected chi connectivity index (χ0v) is 42.7. The summed E-state index contributed by atoms with van der Waals surface area (Å²) in [4.78, 5) is 26.3. The number of carbonyl (C=O) groups is 2. The minimum atomic E-state index is -1.63. The van der Waals surface area contributed by atoms with E-state index in [-0.39, 0.29) is 19.4 Å². The van der Waals surface area contributed by atoms with Crippen molar-refractivity contribution >= 4 is 11.9 Å². The highest BCUT2D eigenvalue weighted by molar-refractivity contribution is 5.80. The number of nitrogens with one attached hydrogen (secondary N) is 1. The van der Waals surface area contributed by atoms with Crippen molar-refractivity contribution < 1.29 is 49.3 Å². The van der Waals surface area contributed by atoms with E-state index in [0.717, 1.165) is 70.6 Å². The molecule has 0 aromatic rings. The monoisotopic (exact) mass is 956 g/mol. The van der Waals surface area contributed by atoms with Crippen LogP contribution in [0.15, 0.2) is 85.1 Å². The van der Waals surface area contributed by atoms with E-state index in [1.54, 1.807) is 6.08 Å². The third-order valence-corrected chi connectivity index (χ3v) is 12.2. The Morgan fingerprint density at radius 3 is 1.63 bits per heavy atom. The van der Waals surface area contributed by atoms with Gasteiger partial charge in [0.05, 0.1) is 25.4 Å². The van der Waals surface area contributed by atoms with Crippen molar-refractivity contribution in [1.29, 1.82) is 0 Å². The predicted molar refractivity (Wildman–Crippen MR) is 278 cm³/mol. The number of allylic oxidation sites excluding steroid dienone is 13. The number of aliphatic hydroxyl groups is 5. The first-order valence-corrected chi connectivity index (χ1v) is 26.9. The maximum absolute atomic E-state index is 13.3. The van der Waals surface area contributed by atoms with Crippen LogP contribution in [-0.2, 0) is 23.8 Å². The lowest BCUT2D eigenvalue weighted by molar-refractivity contribution is -0.305. The summed E-state index contributed by atoms with van der Waals surface area (Å²) in [6.45, 7) is 5.56. The molecular weight excluding hydrogens is 859 g/mol. The van der Waals surface area contributed by atoms with Crippen molar-refractivity contribution in [3.8, 4) is 0 Å². The molecule has 0 radical (unpaired) electrons.